The standard InChI is InChI=1S/C46H51N7O10S/c1-4-24-62-30-15-12-16-31(26-30)63-39-28-38-37(51(2)46(59)52(38)3)27-35(39)50-64(60,61)32-17-11-14-29(25-32)42(55)48-23-10-8-6-5-7-9-22-47-34-19-13-18-33-41(34)45(58)53(44(33)57)36-20-21-40(54)49-43(36)56/h11-19,25-28,36,47,50H,4-10,20-24H2,1-3H3,(H,48,55)(H,49,54,56). The number of nitrogens with zero attached hydrogens (tertiary/aromatic N) is 3. The lowest BCUT2D eigenvalue weighted by atomic mass is 10.0. The van der Waals surface area contributed by atoms with Gasteiger partial charge in [-0.1, -0.05) is 50.8 Å². The zero-order valence-electron chi connectivity index (χ0n) is 35.9. The number of fused-ring (bicyclic) bond motifs is 2. The van der Waals surface area contributed by atoms with Gasteiger partial charge in [0.15, 0.2) is 5.75 Å². The molecule has 4 aromatic carbocycles. The molecule has 3 heterocycles. The summed E-state index contributed by atoms with van der Waals surface area (Å²) in [5.74, 6) is -1.44. The maximum atomic E-state index is 13.9. The normalized spacial score (nSPS) is 15.0. The SMILES string of the molecule is CCCOc1cccc(Oc2cc3c(cc2NS(=O)(=O)c2cccc(C(=O)NCCCCCCCCNc4cccc5c4C(=O)N(C4CCC(=O)NC4=O)C5=O)c2)n(C)c(=O)n3C)c1. The Balaban J connectivity index is 0.879. The Morgan fingerprint density at radius 2 is 1.47 bits per heavy atom. The number of rotatable bonds is 20. The fourth-order valence-electron chi connectivity index (χ4n) is 7.82. The summed E-state index contributed by atoms with van der Waals surface area (Å²) < 4.78 is 45.1. The van der Waals surface area contributed by atoms with Crippen LogP contribution < -0.4 is 35.8 Å². The van der Waals surface area contributed by atoms with Crippen molar-refractivity contribution < 1.29 is 41.9 Å². The lowest BCUT2D eigenvalue weighted by Gasteiger charge is -2.27. The van der Waals surface area contributed by atoms with Crippen molar-refractivity contribution in [1.82, 2.24) is 24.7 Å². The molecule has 0 spiro atoms. The quantitative estimate of drug-likeness (QED) is 0.0538. The Labute approximate surface area is 370 Å². The fraction of sp³-hybridized carbons (Fsp3) is 0.348. The molecule has 0 aliphatic carbocycles. The summed E-state index contributed by atoms with van der Waals surface area (Å²) in [7, 11) is -1.04. The molecule has 5 aromatic rings. The number of carbonyl (C=O) groups is 5. The van der Waals surface area contributed by atoms with Crippen LogP contribution in [0.3, 0.4) is 0 Å². The molecule has 7 rings (SSSR count). The van der Waals surface area contributed by atoms with E-state index in [-0.39, 0.29) is 51.6 Å². The molecule has 1 atom stereocenters. The Bertz CT molecular complexity index is 2800. The van der Waals surface area contributed by atoms with Crippen LogP contribution in [0.5, 0.6) is 17.2 Å². The number of sulfonamides is 1. The molecule has 0 bridgehead atoms. The Morgan fingerprint density at radius 1 is 0.781 bits per heavy atom. The highest BCUT2D eigenvalue weighted by atomic mass is 32.2. The topological polar surface area (TPSA) is 216 Å². The van der Waals surface area contributed by atoms with E-state index in [0.717, 1.165) is 49.8 Å². The number of imide groups is 2. The van der Waals surface area contributed by atoms with Crippen LogP contribution in [0.15, 0.2) is 88.6 Å². The largest absolute Gasteiger partial charge is 0.493 e. The number of hydrogen-bond acceptors (Lipinski definition) is 11. The van der Waals surface area contributed by atoms with Crippen molar-refractivity contribution in [2.75, 3.05) is 29.7 Å². The number of ether oxygens (including phenoxy) is 2. The smallest absolute Gasteiger partial charge is 0.328 e. The molecule has 0 radical (unpaired) electrons. The number of aryl methyl sites for hydroxylation is 2. The summed E-state index contributed by atoms with van der Waals surface area (Å²) in [5.41, 5.74) is 1.97. The second-order valence-electron chi connectivity index (χ2n) is 15.8. The van der Waals surface area contributed by atoms with E-state index < -0.39 is 45.6 Å². The van der Waals surface area contributed by atoms with Crippen molar-refractivity contribution in [1.29, 1.82) is 0 Å². The summed E-state index contributed by atoms with van der Waals surface area (Å²) in [6, 6.07) is 19.8. The molecule has 336 valence electrons. The highest BCUT2D eigenvalue weighted by Gasteiger charge is 2.45. The van der Waals surface area contributed by atoms with Crippen molar-refractivity contribution in [3.8, 4) is 17.2 Å². The number of imidazole rings is 1. The molecule has 64 heavy (non-hydrogen) atoms. The summed E-state index contributed by atoms with van der Waals surface area (Å²) in [4.78, 5) is 77.2. The lowest BCUT2D eigenvalue weighted by Crippen LogP contribution is -2.54. The van der Waals surface area contributed by atoms with Crippen LogP contribution in [0, 0.1) is 0 Å². The molecular formula is C46H51N7O10S. The van der Waals surface area contributed by atoms with Crippen LogP contribution >= 0.6 is 0 Å². The molecule has 2 aliphatic heterocycles. The molecular weight excluding hydrogens is 843 g/mol. The van der Waals surface area contributed by atoms with Crippen LogP contribution in [0.1, 0.15) is 95.8 Å². The molecule has 1 saturated heterocycles. The second-order valence-corrected chi connectivity index (χ2v) is 17.5. The van der Waals surface area contributed by atoms with E-state index in [0.29, 0.717) is 47.9 Å². The van der Waals surface area contributed by atoms with Gasteiger partial charge in [0, 0.05) is 57.0 Å². The molecule has 17 nitrogen and oxygen atoms in total. The molecule has 4 N–H and O–H groups in total. The zero-order chi connectivity index (χ0) is 45.5. The molecule has 2 aliphatic rings. The van der Waals surface area contributed by atoms with E-state index in [1.807, 2.05) is 6.92 Å². The molecule has 18 heteroatoms. The van der Waals surface area contributed by atoms with E-state index in [1.165, 1.54) is 27.3 Å². The van der Waals surface area contributed by atoms with Gasteiger partial charge in [-0.15, -0.1) is 0 Å². The number of anilines is 2. The van der Waals surface area contributed by atoms with E-state index in [4.69, 9.17) is 9.47 Å². The first kappa shape index (κ1) is 45.1. The van der Waals surface area contributed by atoms with Crippen molar-refractivity contribution in [3.05, 3.63) is 106 Å². The van der Waals surface area contributed by atoms with Crippen molar-refractivity contribution in [2.45, 2.75) is 75.6 Å². The summed E-state index contributed by atoms with van der Waals surface area (Å²) >= 11 is 0. The van der Waals surface area contributed by atoms with Crippen LogP contribution in [0.4, 0.5) is 11.4 Å². The van der Waals surface area contributed by atoms with E-state index in [9.17, 15) is 37.2 Å². The monoisotopic (exact) mass is 893 g/mol. The van der Waals surface area contributed by atoms with Crippen LogP contribution in [-0.2, 0) is 33.7 Å². The molecule has 0 saturated carbocycles. The number of amides is 5. The highest BCUT2D eigenvalue weighted by Crippen LogP contribution is 2.37. The van der Waals surface area contributed by atoms with Crippen molar-refractivity contribution in [3.63, 3.8) is 0 Å². The van der Waals surface area contributed by atoms with Gasteiger partial charge in [-0.2, -0.15) is 0 Å². The third-order valence-corrected chi connectivity index (χ3v) is 12.6. The average molecular weight is 894 g/mol. The van der Waals surface area contributed by atoms with Gasteiger partial charge in [0.25, 0.3) is 27.7 Å². The van der Waals surface area contributed by atoms with Gasteiger partial charge < -0.3 is 20.1 Å². The van der Waals surface area contributed by atoms with Crippen LogP contribution in [0.25, 0.3) is 11.0 Å². The minimum atomic E-state index is -4.25. The van der Waals surface area contributed by atoms with Gasteiger partial charge >= 0.3 is 5.69 Å². The predicted molar refractivity (Wildman–Crippen MR) is 239 cm³/mol. The second kappa shape index (κ2) is 19.6. The molecule has 1 aromatic heterocycles. The van der Waals surface area contributed by atoms with Gasteiger partial charge in [-0.25, -0.2) is 13.2 Å². The number of nitrogens with one attached hydrogen (secondary N) is 4. The van der Waals surface area contributed by atoms with Gasteiger partial charge in [0.05, 0.1) is 39.4 Å². The number of benzene rings is 4. The average Bonchev–Trinajstić information content (AvgIpc) is 3.65. The van der Waals surface area contributed by atoms with E-state index in [1.54, 1.807) is 74.8 Å². The van der Waals surface area contributed by atoms with Gasteiger partial charge in [-0.05, 0) is 74.2 Å². The number of hydrogen-bond donors (Lipinski definition) is 4. The van der Waals surface area contributed by atoms with E-state index in [2.05, 4.69) is 20.7 Å². The minimum Gasteiger partial charge on any atom is -0.493 e. The third kappa shape index (κ3) is 9.81. The lowest BCUT2D eigenvalue weighted by molar-refractivity contribution is -0.136. The van der Waals surface area contributed by atoms with Crippen molar-refractivity contribution in [2.24, 2.45) is 14.1 Å². The van der Waals surface area contributed by atoms with Gasteiger partial charge in [-0.3, -0.25) is 48.0 Å². The first-order chi connectivity index (χ1) is 30.8. The summed E-state index contributed by atoms with van der Waals surface area (Å²) in [6.07, 6.45) is 6.14. The first-order valence-corrected chi connectivity index (χ1v) is 22.9. The Morgan fingerprint density at radius 3 is 2.22 bits per heavy atom. The molecule has 5 amide bonds. The summed E-state index contributed by atoms with van der Waals surface area (Å²) in [5, 5.41) is 8.35. The van der Waals surface area contributed by atoms with Crippen molar-refractivity contribution >= 4 is 62.0 Å². The number of unbranched alkanes of at least 4 members (excludes halogenated alkanes) is 5. The van der Waals surface area contributed by atoms with Gasteiger partial charge in [0.2, 0.25) is 11.8 Å². The molecule has 1 unspecified atom stereocenters. The first-order valence-electron chi connectivity index (χ1n) is 21.4. The van der Waals surface area contributed by atoms with Gasteiger partial charge in [0.1, 0.15) is 17.5 Å². The Hall–Kier alpha value is -6.95. The zero-order valence-corrected chi connectivity index (χ0v) is 36.7. The Kier molecular flexibility index (Phi) is 13.8. The maximum Gasteiger partial charge on any atom is 0.328 e. The molecule has 1 fully saturated rings. The summed E-state index contributed by atoms with van der Waals surface area (Å²) in [6.45, 7) is 3.48. The minimum absolute atomic E-state index is 0.0534. The number of piperidine rings is 1. The highest BCUT2D eigenvalue weighted by molar-refractivity contribution is 7.92. The van der Waals surface area contributed by atoms with Crippen LogP contribution in [-0.4, -0.2) is 77.7 Å². The van der Waals surface area contributed by atoms with E-state index >= 15 is 0 Å². The predicted octanol–water partition coefficient (Wildman–Crippen LogP) is 5.84. The van der Waals surface area contributed by atoms with Crippen LogP contribution in [0.2, 0.25) is 0 Å². The number of carbonyl (C=O) groups excluding carboxylic acids is 5. The third-order valence-electron chi connectivity index (χ3n) is 11.2. The fourth-order valence-corrected chi connectivity index (χ4v) is 8.93. The number of aromatic nitrogens is 2. The maximum absolute atomic E-state index is 13.9.